The van der Waals surface area contributed by atoms with Crippen LogP contribution in [-0.4, -0.2) is 74.8 Å². The van der Waals surface area contributed by atoms with Crippen molar-refractivity contribution < 1.29 is 48.7 Å². The summed E-state index contributed by atoms with van der Waals surface area (Å²) in [5.41, 5.74) is 0. The number of amides is 1. The Morgan fingerprint density at radius 2 is 1.59 bits per heavy atom. The molecular formula is C20H31F7N2O4S. The summed E-state index contributed by atoms with van der Waals surface area (Å²) in [4.78, 5) is 12.6. The summed E-state index contributed by atoms with van der Waals surface area (Å²) < 4.78 is 125. The van der Waals surface area contributed by atoms with E-state index in [0.717, 1.165) is 19.1 Å². The molecule has 0 aromatic rings. The van der Waals surface area contributed by atoms with Gasteiger partial charge in [0.05, 0.1) is 25.0 Å². The van der Waals surface area contributed by atoms with Crippen LogP contribution in [-0.2, 0) is 19.6 Å². The second kappa shape index (κ2) is 10.5. The van der Waals surface area contributed by atoms with E-state index in [1.807, 2.05) is 0 Å². The Morgan fingerprint density at radius 1 is 1.03 bits per heavy atom. The fourth-order valence-electron chi connectivity index (χ4n) is 4.58. The van der Waals surface area contributed by atoms with Crippen LogP contribution in [0.15, 0.2) is 0 Å². The highest BCUT2D eigenvalue weighted by Gasteiger charge is 2.77. The summed E-state index contributed by atoms with van der Waals surface area (Å²) in [7, 11) is -3.91. The molecule has 1 saturated carbocycles. The summed E-state index contributed by atoms with van der Waals surface area (Å²) in [5, 5.41) is 0. The lowest BCUT2D eigenvalue weighted by Gasteiger charge is -2.43. The number of hydrogen-bond acceptors (Lipinski definition) is 4. The number of hydrogen-bond donors (Lipinski definition) is 1. The zero-order valence-corrected chi connectivity index (χ0v) is 20.0. The average Bonchev–Trinajstić information content (AvgIpc) is 2.70. The zero-order valence-electron chi connectivity index (χ0n) is 19.2. The van der Waals surface area contributed by atoms with Crippen molar-refractivity contribution in [2.24, 2.45) is 11.8 Å². The first kappa shape index (κ1) is 29.1. The smallest absolute Gasteiger partial charge is 0.376 e. The first-order valence-electron chi connectivity index (χ1n) is 11.1. The number of ether oxygens (including phenoxy) is 1. The van der Waals surface area contributed by atoms with Crippen LogP contribution < -0.4 is 4.72 Å². The monoisotopic (exact) mass is 528 g/mol. The molecule has 0 aromatic heterocycles. The van der Waals surface area contributed by atoms with Crippen molar-refractivity contribution in [3.63, 3.8) is 0 Å². The van der Waals surface area contributed by atoms with E-state index in [2.05, 4.69) is 18.6 Å². The minimum absolute atomic E-state index is 0.0617. The maximum absolute atomic E-state index is 14.2. The number of halogens is 7. The number of sulfonamides is 1. The molecule has 0 unspecified atom stereocenters. The Hall–Kier alpha value is -1.15. The topological polar surface area (TPSA) is 75.7 Å². The third kappa shape index (κ3) is 6.54. The molecule has 0 radical (unpaired) electrons. The van der Waals surface area contributed by atoms with Crippen molar-refractivity contribution in [2.75, 3.05) is 19.4 Å². The summed E-state index contributed by atoms with van der Waals surface area (Å²) in [6.07, 6.45) is -3.32. The van der Waals surface area contributed by atoms with Crippen LogP contribution in [0, 0.1) is 11.8 Å². The molecule has 0 aromatic carbocycles. The average molecular weight is 529 g/mol. The number of carbonyl (C=O) groups excluding carboxylic acids is 1. The van der Waals surface area contributed by atoms with Gasteiger partial charge in [-0.25, -0.2) is 13.1 Å². The highest BCUT2D eigenvalue weighted by Crippen LogP contribution is 2.47. The fraction of sp³-hybridized carbons (Fsp3) is 0.950. The Bertz CT molecular complexity index is 812. The van der Waals surface area contributed by atoms with E-state index in [4.69, 9.17) is 4.74 Å². The maximum Gasteiger partial charge on any atom is 0.460 e. The standard InChI is InChI=1S/C20H31F7N2O4S/c1-12(2)13-6-8-14(9-7-13)33-11-16-15(28-34(3,31)32)5-4-10-29(16)17(30)18(21,22)19(23,24)20(25,26)27/h12-16,28H,4-11H2,1-3H3/t13-,14+,15-,16-/m1/s1. The van der Waals surface area contributed by atoms with Gasteiger partial charge in [0.2, 0.25) is 10.0 Å². The third-order valence-electron chi connectivity index (χ3n) is 6.59. The molecule has 2 rings (SSSR count). The van der Waals surface area contributed by atoms with Gasteiger partial charge in [0, 0.05) is 12.6 Å². The fourth-order valence-corrected chi connectivity index (χ4v) is 5.40. The second-order valence-corrected chi connectivity index (χ2v) is 11.2. The van der Waals surface area contributed by atoms with Crippen LogP contribution in [0.3, 0.4) is 0 Å². The van der Waals surface area contributed by atoms with Crippen molar-refractivity contribution in [3.8, 4) is 0 Å². The van der Waals surface area contributed by atoms with Gasteiger partial charge in [0.1, 0.15) is 0 Å². The molecule has 14 heteroatoms. The molecule has 1 amide bonds. The number of alkyl halides is 7. The molecule has 0 bridgehead atoms. The lowest BCUT2D eigenvalue weighted by molar-refractivity contribution is -0.346. The Labute approximate surface area is 194 Å². The van der Waals surface area contributed by atoms with Gasteiger partial charge in [0.25, 0.3) is 5.91 Å². The van der Waals surface area contributed by atoms with E-state index in [-0.39, 0.29) is 23.8 Å². The van der Waals surface area contributed by atoms with Crippen molar-refractivity contribution in [2.45, 2.75) is 88.6 Å². The Kier molecular flexibility index (Phi) is 8.94. The van der Waals surface area contributed by atoms with Crippen LogP contribution in [0.25, 0.3) is 0 Å². The molecule has 2 atom stereocenters. The molecule has 1 N–H and O–H groups in total. The van der Waals surface area contributed by atoms with Crippen LogP contribution in [0.1, 0.15) is 52.4 Å². The minimum atomic E-state index is -6.66. The van der Waals surface area contributed by atoms with Gasteiger partial charge < -0.3 is 9.64 Å². The molecule has 2 aliphatic rings. The van der Waals surface area contributed by atoms with E-state index < -0.39 is 59.2 Å². The normalized spacial score (nSPS) is 27.8. The predicted octanol–water partition coefficient (Wildman–Crippen LogP) is 3.96. The maximum atomic E-state index is 14.2. The Morgan fingerprint density at radius 3 is 2.06 bits per heavy atom. The lowest BCUT2D eigenvalue weighted by Crippen LogP contribution is -2.66. The van der Waals surface area contributed by atoms with Gasteiger partial charge in [-0.05, 0) is 50.4 Å². The van der Waals surface area contributed by atoms with Crippen molar-refractivity contribution in [1.82, 2.24) is 9.62 Å². The number of carbonyl (C=O) groups is 1. The SMILES string of the molecule is CC(C)[C@H]1CC[C@@H](OC[C@@H]2[C@H](NS(C)(=O)=O)CCCN2C(=O)C(F)(F)C(F)(F)C(F)(F)F)CC1. The molecule has 1 saturated heterocycles. The van der Waals surface area contributed by atoms with Crippen molar-refractivity contribution >= 4 is 15.9 Å². The quantitative estimate of drug-likeness (QED) is 0.484. The number of nitrogens with one attached hydrogen (secondary N) is 1. The van der Waals surface area contributed by atoms with E-state index >= 15 is 0 Å². The summed E-state index contributed by atoms with van der Waals surface area (Å²) in [6.45, 7) is 3.13. The molecule has 2 fully saturated rings. The molecular weight excluding hydrogens is 497 g/mol. The van der Waals surface area contributed by atoms with Crippen LogP contribution in [0.4, 0.5) is 30.7 Å². The third-order valence-corrected chi connectivity index (χ3v) is 7.32. The first-order chi connectivity index (χ1) is 15.4. The van der Waals surface area contributed by atoms with Crippen LogP contribution in [0.5, 0.6) is 0 Å². The number of piperidine rings is 1. The summed E-state index contributed by atoms with van der Waals surface area (Å²) in [5.74, 6) is -14.5. The summed E-state index contributed by atoms with van der Waals surface area (Å²) in [6, 6.07) is -2.66. The van der Waals surface area contributed by atoms with E-state index in [9.17, 15) is 43.9 Å². The molecule has 34 heavy (non-hydrogen) atoms. The van der Waals surface area contributed by atoms with Crippen LogP contribution in [0.2, 0.25) is 0 Å². The van der Waals surface area contributed by atoms with Gasteiger partial charge in [-0.15, -0.1) is 0 Å². The summed E-state index contributed by atoms with van der Waals surface area (Å²) >= 11 is 0. The number of rotatable bonds is 8. The van der Waals surface area contributed by atoms with E-state index in [1.165, 1.54) is 0 Å². The molecule has 0 spiro atoms. The van der Waals surface area contributed by atoms with Gasteiger partial charge in [-0.2, -0.15) is 30.7 Å². The number of likely N-dealkylation sites (tertiary alicyclic amines) is 1. The van der Waals surface area contributed by atoms with Gasteiger partial charge in [-0.1, -0.05) is 13.8 Å². The van der Waals surface area contributed by atoms with Crippen LogP contribution >= 0.6 is 0 Å². The highest BCUT2D eigenvalue weighted by molar-refractivity contribution is 7.88. The lowest BCUT2D eigenvalue weighted by atomic mass is 9.80. The molecule has 1 aliphatic heterocycles. The zero-order chi connectivity index (χ0) is 26.1. The molecule has 200 valence electrons. The van der Waals surface area contributed by atoms with E-state index in [0.29, 0.717) is 24.7 Å². The van der Waals surface area contributed by atoms with E-state index in [1.54, 1.807) is 0 Å². The van der Waals surface area contributed by atoms with Gasteiger partial charge in [-0.3, -0.25) is 4.79 Å². The largest absolute Gasteiger partial charge is 0.460 e. The minimum Gasteiger partial charge on any atom is -0.376 e. The van der Waals surface area contributed by atoms with Crippen molar-refractivity contribution in [3.05, 3.63) is 0 Å². The molecule has 1 heterocycles. The molecule has 6 nitrogen and oxygen atoms in total. The predicted molar refractivity (Wildman–Crippen MR) is 109 cm³/mol. The highest BCUT2D eigenvalue weighted by atomic mass is 32.2. The van der Waals surface area contributed by atoms with Gasteiger partial charge in [0.15, 0.2) is 0 Å². The molecule has 1 aliphatic carbocycles. The first-order valence-corrected chi connectivity index (χ1v) is 13.0. The van der Waals surface area contributed by atoms with Crippen molar-refractivity contribution in [1.29, 1.82) is 0 Å². The van der Waals surface area contributed by atoms with Gasteiger partial charge >= 0.3 is 18.0 Å². The second-order valence-electron chi connectivity index (χ2n) is 9.47. The Balaban J connectivity index is 2.25. The number of nitrogens with zero attached hydrogens (tertiary/aromatic N) is 1.